The minimum atomic E-state index is -5.08. The SMILES string of the molecule is O=C(O)C(F)(F)F.O=C(O)c1cccc(OCCN2CCOC(c3ccccc3F)C2)c1. The number of rotatable bonds is 6. The molecule has 1 heterocycles. The second-order valence-corrected chi connectivity index (χ2v) is 6.67. The first-order chi connectivity index (χ1) is 15.1. The van der Waals surface area contributed by atoms with Gasteiger partial charge in [0.15, 0.2) is 0 Å². The summed E-state index contributed by atoms with van der Waals surface area (Å²) >= 11 is 0. The number of benzene rings is 2. The van der Waals surface area contributed by atoms with Crippen LogP contribution in [0.25, 0.3) is 0 Å². The number of morpholine rings is 1. The Kier molecular flexibility index (Phi) is 8.97. The highest BCUT2D eigenvalue weighted by molar-refractivity contribution is 5.88. The van der Waals surface area contributed by atoms with E-state index < -0.39 is 18.1 Å². The van der Waals surface area contributed by atoms with Gasteiger partial charge in [-0.15, -0.1) is 0 Å². The van der Waals surface area contributed by atoms with Crippen LogP contribution in [-0.4, -0.2) is 66.1 Å². The quantitative estimate of drug-likeness (QED) is 0.637. The van der Waals surface area contributed by atoms with Crippen LogP contribution in [0, 0.1) is 5.82 Å². The second kappa shape index (κ2) is 11.4. The molecule has 0 saturated carbocycles. The van der Waals surface area contributed by atoms with Gasteiger partial charge in [-0.3, -0.25) is 4.90 Å². The number of ether oxygens (including phenoxy) is 2. The van der Waals surface area contributed by atoms with E-state index in [0.29, 0.717) is 37.6 Å². The lowest BCUT2D eigenvalue weighted by molar-refractivity contribution is -0.192. The van der Waals surface area contributed by atoms with Gasteiger partial charge < -0.3 is 19.7 Å². The fourth-order valence-corrected chi connectivity index (χ4v) is 2.84. The van der Waals surface area contributed by atoms with Gasteiger partial charge in [0.25, 0.3) is 0 Å². The molecule has 1 atom stereocenters. The van der Waals surface area contributed by atoms with Crippen LogP contribution < -0.4 is 4.74 Å². The Balaban J connectivity index is 0.000000451. The Hall–Kier alpha value is -3.18. The number of halogens is 4. The first kappa shape index (κ1) is 25.1. The lowest BCUT2D eigenvalue weighted by atomic mass is 10.1. The summed E-state index contributed by atoms with van der Waals surface area (Å²) in [5.41, 5.74) is 0.769. The van der Waals surface area contributed by atoms with Crippen LogP contribution in [0.3, 0.4) is 0 Å². The Morgan fingerprint density at radius 1 is 1.12 bits per heavy atom. The van der Waals surface area contributed by atoms with Crippen LogP contribution in [0.2, 0.25) is 0 Å². The van der Waals surface area contributed by atoms with E-state index in [1.165, 1.54) is 18.2 Å². The Bertz CT molecular complexity index is 921. The summed E-state index contributed by atoms with van der Waals surface area (Å²) in [4.78, 5) is 22.0. The fourth-order valence-electron chi connectivity index (χ4n) is 2.84. The molecule has 0 radical (unpaired) electrons. The highest BCUT2D eigenvalue weighted by Gasteiger charge is 2.38. The van der Waals surface area contributed by atoms with E-state index in [0.717, 1.165) is 6.54 Å². The van der Waals surface area contributed by atoms with E-state index in [-0.39, 0.29) is 17.5 Å². The number of hydrogen-bond donors (Lipinski definition) is 2. The van der Waals surface area contributed by atoms with Crippen molar-refractivity contribution in [2.75, 3.05) is 32.8 Å². The van der Waals surface area contributed by atoms with Crippen molar-refractivity contribution >= 4 is 11.9 Å². The molecule has 1 saturated heterocycles. The average molecular weight is 459 g/mol. The van der Waals surface area contributed by atoms with Gasteiger partial charge in [-0.1, -0.05) is 24.3 Å². The minimum absolute atomic E-state index is 0.198. The smallest absolute Gasteiger partial charge is 0.490 e. The van der Waals surface area contributed by atoms with E-state index in [2.05, 4.69) is 4.90 Å². The van der Waals surface area contributed by atoms with Crippen LogP contribution in [0.15, 0.2) is 48.5 Å². The maximum Gasteiger partial charge on any atom is 0.490 e. The van der Waals surface area contributed by atoms with Crippen molar-refractivity contribution in [2.45, 2.75) is 12.3 Å². The standard InChI is InChI=1S/C19H20FNO4.C2HF3O2/c20-17-7-2-1-6-16(17)18-13-21(9-11-25-18)8-10-24-15-5-3-4-14(12-15)19(22)23;3-2(4,5)1(6)7/h1-7,12,18H,8-11,13H2,(H,22,23);(H,6,7). The number of carbonyl (C=O) groups is 2. The normalized spacial score (nSPS) is 16.6. The molecule has 11 heteroatoms. The molecule has 2 aromatic carbocycles. The third-order valence-corrected chi connectivity index (χ3v) is 4.40. The van der Waals surface area contributed by atoms with Crippen LogP contribution in [0.1, 0.15) is 22.0 Å². The van der Waals surface area contributed by atoms with Crippen LogP contribution in [0.5, 0.6) is 5.75 Å². The number of carboxylic acid groups (broad SMARTS) is 2. The van der Waals surface area contributed by atoms with Gasteiger partial charge in [0, 0.05) is 25.2 Å². The van der Waals surface area contributed by atoms with Gasteiger partial charge in [0.05, 0.1) is 18.3 Å². The number of nitrogens with zero attached hydrogens (tertiary/aromatic N) is 1. The Labute approximate surface area is 180 Å². The molecular formula is C21H21F4NO6. The van der Waals surface area contributed by atoms with Crippen molar-refractivity contribution in [1.82, 2.24) is 4.90 Å². The highest BCUT2D eigenvalue weighted by atomic mass is 19.4. The van der Waals surface area contributed by atoms with E-state index in [1.807, 2.05) is 0 Å². The molecule has 174 valence electrons. The largest absolute Gasteiger partial charge is 0.492 e. The zero-order valence-electron chi connectivity index (χ0n) is 16.7. The third-order valence-electron chi connectivity index (χ3n) is 4.40. The Morgan fingerprint density at radius 2 is 1.81 bits per heavy atom. The summed E-state index contributed by atoms with van der Waals surface area (Å²) in [5.74, 6) is -3.46. The van der Waals surface area contributed by atoms with Gasteiger partial charge in [-0.05, 0) is 24.3 Å². The molecule has 0 spiro atoms. The molecule has 3 rings (SSSR count). The topological polar surface area (TPSA) is 96.3 Å². The lowest BCUT2D eigenvalue weighted by Gasteiger charge is -2.33. The van der Waals surface area contributed by atoms with Crippen molar-refractivity contribution in [3.05, 3.63) is 65.5 Å². The van der Waals surface area contributed by atoms with E-state index >= 15 is 0 Å². The molecule has 2 aromatic rings. The summed E-state index contributed by atoms with van der Waals surface area (Å²) in [6, 6.07) is 13.1. The first-order valence-electron chi connectivity index (χ1n) is 9.42. The second-order valence-electron chi connectivity index (χ2n) is 6.67. The van der Waals surface area contributed by atoms with Crippen molar-refractivity contribution < 1.29 is 46.8 Å². The minimum Gasteiger partial charge on any atom is -0.492 e. The number of hydrogen-bond acceptors (Lipinski definition) is 5. The molecular weight excluding hydrogens is 438 g/mol. The molecule has 7 nitrogen and oxygen atoms in total. The molecule has 1 unspecified atom stereocenters. The summed E-state index contributed by atoms with van der Waals surface area (Å²) < 4.78 is 57.0. The van der Waals surface area contributed by atoms with E-state index in [4.69, 9.17) is 24.5 Å². The average Bonchev–Trinajstić information content (AvgIpc) is 2.74. The molecule has 32 heavy (non-hydrogen) atoms. The zero-order valence-corrected chi connectivity index (χ0v) is 16.7. The predicted molar refractivity (Wildman–Crippen MR) is 104 cm³/mol. The number of aliphatic carboxylic acids is 1. The van der Waals surface area contributed by atoms with Crippen molar-refractivity contribution in [3.63, 3.8) is 0 Å². The molecule has 0 amide bonds. The van der Waals surface area contributed by atoms with Gasteiger partial charge in [0.2, 0.25) is 0 Å². The van der Waals surface area contributed by atoms with Crippen molar-refractivity contribution in [3.8, 4) is 5.75 Å². The lowest BCUT2D eigenvalue weighted by Crippen LogP contribution is -2.40. The third kappa shape index (κ3) is 7.82. The molecule has 2 N–H and O–H groups in total. The molecule has 0 aliphatic carbocycles. The van der Waals surface area contributed by atoms with Crippen molar-refractivity contribution in [1.29, 1.82) is 0 Å². The van der Waals surface area contributed by atoms with E-state index in [9.17, 15) is 22.4 Å². The first-order valence-corrected chi connectivity index (χ1v) is 9.42. The van der Waals surface area contributed by atoms with Crippen LogP contribution >= 0.6 is 0 Å². The number of alkyl halides is 3. The van der Waals surface area contributed by atoms with Gasteiger partial charge in [0.1, 0.15) is 18.2 Å². The fraction of sp³-hybridized carbons (Fsp3) is 0.333. The zero-order chi connectivity index (χ0) is 23.7. The summed E-state index contributed by atoms with van der Waals surface area (Å²) in [7, 11) is 0. The number of aromatic carboxylic acids is 1. The molecule has 1 aliphatic rings. The van der Waals surface area contributed by atoms with Gasteiger partial charge in [-0.2, -0.15) is 13.2 Å². The van der Waals surface area contributed by atoms with E-state index in [1.54, 1.807) is 30.3 Å². The highest BCUT2D eigenvalue weighted by Crippen LogP contribution is 2.24. The van der Waals surface area contributed by atoms with Gasteiger partial charge >= 0.3 is 18.1 Å². The molecule has 1 aliphatic heterocycles. The molecule has 0 aromatic heterocycles. The summed E-state index contributed by atoms with van der Waals surface area (Å²) in [5, 5.41) is 16.1. The monoisotopic (exact) mass is 459 g/mol. The predicted octanol–water partition coefficient (Wildman–Crippen LogP) is 3.61. The molecule has 1 fully saturated rings. The van der Waals surface area contributed by atoms with Gasteiger partial charge in [-0.25, -0.2) is 14.0 Å². The van der Waals surface area contributed by atoms with Crippen LogP contribution in [0.4, 0.5) is 17.6 Å². The maximum absolute atomic E-state index is 13.9. The number of carboxylic acids is 2. The summed E-state index contributed by atoms with van der Waals surface area (Å²) in [6.07, 6.45) is -5.37. The Morgan fingerprint density at radius 3 is 2.44 bits per heavy atom. The summed E-state index contributed by atoms with van der Waals surface area (Å²) in [6.45, 7) is 2.97. The van der Waals surface area contributed by atoms with Crippen molar-refractivity contribution in [2.24, 2.45) is 0 Å². The maximum atomic E-state index is 13.9. The molecule has 0 bridgehead atoms. The van der Waals surface area contributed by atoms with Crippen LogP contribution in [-0.2, 0) is 9.53 Å².